The first-order valence-electron chi connectivity index (χ1n) is 9.11. The molecule has 28 heavy (non-hydrogen) atoms. The van der Waals surface area contributed by atoms with Gasteiger partial charge in [-0.2, -0.15) is 0 Å². The highest BCUT2D eigenvalue weighted by molar-refractivity contribution is 5.99. The van der Waals surface area contributed by atoms with Gasteiger partial charge in [-0.1, -0.05) is 0 Å². The van der Waals surface area contributed by atoms with E-state index in [4.69, 9.17) is 14.2 Å². The summed E-state index contributed by atoms with van der Waals surface area (Å²) < 4.78 is 16.2. The van der Waals surface area contributed by atoms with Crippen LogP contribution in [0.5, 0.6) is 17.2 Å². The van der Waals surface area contributed by atoms with Crippen LogP contribution < -0.4 is 19.5 Å². The minimum absolute atomic E-state index is 0.120. The van der Waals surface area contributed by atoms with Crippen LogP contribution >= 0.6 is 0 Å². The first-order chi connectivity index (χ1) is 13.7. The molecular weight excluding hydrogens is 356 g/mol. The Labute approximate surface area is 163 Å². The van der Waals surface area contributed by atoms with E-state index < -0.39 is 0 Å². The Bertz CT molecular complexity index is 1050. The number of aromatic amines is 1. The summed E-state index contributed by atoms with van der Waals surface area (Å²) in [5.41, 5.74) is 3.63. The van der Waals surface area contributed by atoms with Gasteiger partial charge in [-0.25, -0.2) is 0 Å². The van der Waals surface area contributed by atoms with Crippen molar-refractivity contribution in [2.45, 2.75) is 6.42 Å². The zero-order valence-electron chi connectivity index (χ0n) is 15.9. The van der Waals surface area contributed by atoms with Gasteiger partial charge in [0.15, 0.2) is 0 Å². The minimum Gasteiger partial charge on any atom is -0.497 e. The quantitative estimate of drug-likeness (QED) is 0.690. The van der Waals surface area contributed by atoms with Gasteiger partial charge in [0, 0.05) is 29.2 Å². The maximum absolute atomic E-state index is 12.5. The van der Waals surface area contributed by atoms with Crippen molar-refractivity contribution < 1.29 is 19.0 Å². The molecule has 3 aromatic rings. The fourth-order valence-corrected chi connectivity index (χ4v) is 3.33. The van der Waals surface area contributed by atoms with Crippen molar-refractivity contribution in [3.63, 3.8) is 0 Å². The predicted molar refractivity (Wildman–Crippen MR) is 108 cm³/mol. The Morgan fingerprint density at radius 3 is 2.75 bits per heavy atom. The fraction of sp³-hybridized carbons (Fsp3) is 0.227. The highest BCUT2D eigenvalue weighted by atomic mass is 16.5. The molecule has 0 atom stereocenters. The van der Waals surface area contributed by atoms with Crippen LogP contribution in [0.4, 0.5) is 0 Å². The van der Waals surface area contributed by atoms with Crippen LogP contribution in [0.2, 0.25) is 0 Å². The largest absolute Gasteiger partial charge is 0.497 e. The second-order valence-electron chi connectivity index (χ2n) is 6.59. The van der Waals surface area contributed by atoms with Crippen molar-refractivity contribution in [2.75, 3.05) is 27.4 Å². The van der Waals surface area contributed by atoms with Gasteiger partial charge >= 0.3 is 0 Å². The van der Waals surface area contributed by atoms with Crippen LogP contribution in [0.15, 0.2) is 48.2 Å². The van der Waals surface area contributed by atoms with Gasteiger partial charge < -0.3 is 24.5 Å². The Morgan fingerprint density at radius 1 is 1.14 bits per heavy atom. The smallest absolute Gasteiger partial charge is 0.250 e. The van der Waals surface area contributed by atoms with Gasteiger partial charge in [-0.3, -0.25) is 4.79 Å². The van der Waals surface area contributed by atoms with Gasteiger partial charge in [-0.15, -0.1) is 0 Å². The van der Waals surface area contributed by atoms with Crippen molar-refractivity contribution in [1.82, 2.24) is 10.3 Å². The number of benzene rings is 2. The molecule has 0 radical (unpaired) electrons. The Hall–Kier alpha value is -3.41. The van der Waals surface area contributed by atoms with E-state index in [9.17, 15) is 4.79 Å². The molecule has 1 amide bonds. The summed E-state index contributed by atoms with van der Waals surface area (Å²) in [6.07, 6.45) is 4.55. The van der Waals surface area contributed by atoms with E-state index in [-0.39, 0.29) is 12.5 Å². The third-order valence-electron chi connectivity index (χ3n) is 4.88. The summed E-state index contributed by atoms with van der Waals surface area (Å²) in [6.45, 7) is 0.792. The molecule has 0 bridgehead atoms. The molecule has 0 saturated heterocycles. The highest BCUT2D eigenvalue weighted by Crippen LogP contribution is 2.30. The van der Waals surface area contributed by atoms with Crippen molar-refractivity contribution in [3.05, 3.63) is 59.3 Å². The number of fused-ring (bicyclic) bond motifs is 2. The average Bonchev–Trinajstić information content (AvgIpc) is 3.14. The maximum Gasteiger partial charge on any atom is 0.250 e. The molecule has 6 nitrogen and oxygen atoms in total. The third kappa shape index (κ3) is 3.53. The van der Waals surface area contributed by atoms with E-state index in [0.29, 0.717) is 12.1 Å². The molecule has 0 unspecified atom stereocenters. The van der Waals surface area contributed by atoms with Crippen LogP contribution in [-0.2, 0) is 11.2 Å². The summed E-state index contributed by atoms with van der Waals surface area (Å²) in [5.74, 6) is 2.18. The number of H-pyrrole nitrogens is 1. The fourth-order valence-electron chi connectivity index (χ4n) is 3.33. The lowest BCUT2D eigenvalue weighted by Gasteiger charge is -2.18. The molecule has 144 valence electrons. The van der Waals surface area contributed by atoms with Crippen molar-refractivity contribution in [2.24, 2.45) is 0 Å². The van der Waals surface area contributed by atoms with Gasteiger partial charge in [0.1, 0.15) is 23.9 Å². The van der Waals surface area contributed by atoms with E-state index in [0.717, 1.165) is 45.7 Å². The molecule has 0 fully saturated rings. The Morgan fingerprint density at radius 2 is 1.93 bits per heavy atom. The monoisotopic (exact) mass is 378 g/mol. The van der Waals surface area contributed by atoms with Crippen LogP contribution in [0.1, 0.15) is 11.1 Å². The second-order valence-corrected chi connectivity index (χ2v) is 6.59. The lowest BCUT2D eigenvalue weighted by molar-refractivity contribution is -0.117. The number of nitrogens with one attached hydrogen (secondary N) is 2. The molecule has 2 heterocycles. The number of rotatable bonds is 6. The number of hydrogen-bond donors (Lipinski definition) is 2. The molecule has 6 heteroatoms. The number of hydrogen-bond acceptors (Lipinski definition) is 4. The number of aromatic nitrogens is 1. The van der Waals surface area contributed by atoms with Gasteiger partial charge in [0.05, 0.1) is 19.8 Å². The standard InChI is InChI=1S/C22H22N2O4/c1-26-17-4-6-21-15(10-17)9-16(13-28-21)22(25)23-8-7-14-12-24-20-5-3-18(27-2)11-19(14)20/h3-6,9-12,24H,7-8,13H2,1-2H3,(H,23,25). The topological polar surface area (TPSA) is 72.6 Å². The molecule has 1 aliphatic heterocycles. The molecule has 2 aromatic carbocycles. The Balaban J connectivity index is 1.41. The van der Waals surface area contributed by atoms with Crippen molar-refractivity contribution >= 4 is 22.9 Å². The third-order valence-corrected chi connectivity index (χ3v) is 4.88. The summed E-state index contributed by atoms with van der Waals surface area (Å²) in [5, 5.41) is 4.09. The lowest BCUT2D eigenvalue weighted by Crippen LogP contribution is -2.30. The van der Waals surface area contributed by atoms with E-state index >= 15 is 0 Å². The maximum atomic E-state index is 12.5. The first-order valence-corrected chi connectivity index (χ1v) is 9.11. The molecule has 0 aliphatic carbocycles. The number of methoxy groups -OCH3 is 2. The zero-order valence-corrected chi connectivity index (χ0v) is 15.9. The van der Waals surface area contributed by atoms with E-state index in [1.807, 2.05) is 48.7 Å². The van der Waals surface area contributed by atoms with E-state index in [1.165, 1.54) is 0 Å². The summed E-state index contributed by atoms with van der Waals surface area (Å²) in [6, 6.07) is 11.5. The van der Waals surface area contributed by atoms with Crippen LogP contribution in [0.25, 0.3) is 17.0 Å². The minimum atomic E-state index is -0.120. The van der Waals surface area contributed by atoms with Gasteiger partial charge in [-0.05, 0) is 54.5 Å². The zero-order chi connectivity index (χ0) is 19.5. The second kappa shape index (κ2) is 7.68. The van der Waals surface area contributed by atoms with Crippen molar-refractivity contribution in [3.8, 4) is 17.2 Å². The lowest BCUT2D eigenvalue weighted by atomic mass is 10.1. The number of amides is 1. The van der Waals surface area contributed by atoms with Gasteiger partial charge in [0.25, 0.3) is 5.91 Å². The summed E-state index contributed by atoms with van der Waals surface area (Å²) in [7, 11) is 3.27. The summed E-state index contributed by atoms with van der Waals surface area (Å²) >= 11 is 0. The van der Waals surface area contributed by atoms with Crippen LogP contribution in [0.3, 0.4) is 0 Å². The van der Waals surface area contributed by atoms with Crippen LogP contribution in [-0.4, -0.2) is 38.3 Å². The molecular formula is C22H22N2O4. The van der Waals surface area contributed by atoms with Crippen molar-refractivity contribution in [1.29, 1.82) is 0 Å². The molecule has 2 N–H and O–H groups in total. The Kier molecular flexibility index (Phi) is 4.93. The van der Waals surface area contributed by atoms with E-state index in [2.05, 4.69) is 10.3 Å². The first kappa shape index (κ1) is 18.0. The number of ether oxygens (including phenoxy) is 3. The summed E-state index contributed by atoms with van der Waals surface area (Å²) in [4.78, 5) is 15.8. The van der Waals surface area contributed by atoms with Crippen LogP contribution in [0, 0.1) is 0 Å². The highest BCUT2D eigenvalue weighted by Gasteiger charge is 2.17. The predicted octanol–water partition coefficient (Wildman–Crippen LogP) is 3.32. The van der Waals surface area contributed by atoms with Gasteiger partial charge in [0.2, 0.25) is 0 Å². The molecule has 0 saturated carbocycles. The molecule has 1 aliphatic rings. The van der Waals surface area contributed by atoms with E-state index in [1.54, 1.807) is 14.2 Å². The molecule has 0 spiro atoms. The normalized spacial score (nSPS) is 12.7. The molecule has 4 rings (SSSR count). The SMILES string of the molecule is COc1ccc2c(c1)C=C(C(=O)NCCc1c[nH]c3ccc(OC)cc13)CO2. The number of carbonyl (C=O) groups is 1. The average molecular weight is 378 g/mol. The molecule has 1 aromatic heterocycles. The number of carbonyl (C=O) groups excluding carboxylic acids is 1.